The van der Waals surface area contributed by atoms with E-state index in [1.54, 1.807) is 24.5 Å². The lowest BCUT2D eigenvalue weighted by Crippen LogP contribution is -2.70. The first kappa shape index (κ1) is 40.6. The third kappa shape index (κ3) is 9.74. The number of hydrogen-bond donors (Lipinski definition) is 5. The second-order valence-corrected chi connectivity index (χ2v) is 15.3. The lowest BCUT2D eigenvalue weighted by Gasteiger charge is -2.46. The van der Waals surface area contributed by atoms with E-state index in [9.17, 15) is 19.5 Å². The van der Waals surface area contributed by atoms with Gasteiger partial charge in [-0.15, -0.1) is 0 Å². The molecule has 1 aromatic heterocycles. The van der Waals surface area contributed by atoms with E-state index in [1.807, 2.05) is 56.3 Å². The molecule has 0 spiro atoms. The van der Waals surface area contributed by atoms with Crippen LogP contribution in [0.3, 0.4) is 0 Å². The van der Waals surface area contributed by atoms with E-state index < -0.39 is 47.4 Å². The van der Waals surface area contributed by atoms with Gasteiger partial charge >= 0.3 is 0 Å². The Morgan fingerprint density at radius 1 is 1.06 bits per heavy atom. The van der Waals surface area contributed by atoms with Crippen LogP contribution in [0.1, 0.15) is 88.3 Å². The molecule has 5 rings (SSSR count). The maximum atomic E-state index is 15.6. The molecule has 13 nitrogen and oxygen atoms in total. The second-order valence-electron chi connectivity index (χ2n) is 15.3. The number of aliphatic hydroxyl groups excluding tert-OH is 1. The average Bonchev–Trinajstić information content (AvgIpc) is 3.84. The molecule has 54 heavy (non-hydrogen) atoms. The summed E-state index contributed by atoms with van der Waals surface area (Å²) in [6.07, 6.45) is 7.30. The van der Waals surface area contributed by atoms with E-state index in [0.717, 1.165) is 48.1 Å². The standard InChI is InChI=1S/C41H57N7O6/c1-27(2)24-44-38(51)22-36(50)35(21-30-13-8-5-9-14-30)46-40(53)41(26-47-18-10-17-45-47,33-25-54-37-16-15-31(23-42)19-32(33)37)48(28(3)49)39(52)34(43)20-29-11-6-4-7-12-29/h4,6-7,10-12,15-19,27,30,33-36,50H,5,8-9,13-14,20-26,42-43H2,1-3H3,(H,44,51)(H,46,53)/t33?,34-,35-,36-,41+/m0/s1. The van der Waals surface area contributed by atoms with Crippen molar-refractivity contribution in [1.29, 1.82) is 0 Å². The Labute approximate surface area is 318 Å². The van der Waals surface area contributed by atoms with Gasteiger partial charge in [-0.2, -0.15) is 5.10 Å². The van der Waals surface area contributed by atoms with Crippen molar-refractivity contribution in [3.63, 3.8) is 0 Å². The number of benzene rings is 2. The van der Waals surface area contributed by atoms with Crippen molar-refractivity contribution in [3.05, 3.63) is 83.7 Å². The fourth-order valence-corrected chi connectivity index (χ4v) is 7.96. The molecule has 1 aliphatic heterocycles. The van der Waals surface area contributed by atoms with Gasteiger partial charge in [-0.1, -0.05) is 88.4 Å². The molecule has 2 heterocycles. The average molecular weight is 744 g/mol. The van der Waals surface area contributed by atoms with Gasteiger partial charge in [0.05, 0.1) is 43.7 Å². The van der Waals surface area contributed by atoms with Crippen molar-refractivity contribution in [2.75, 3.05) is 13.2 Å². The van der Waals surface area contributed by atoms with Crippen LogP contribution in [0, 0.1) is 11.8 Å². The number of amides is 4. The monoisotopic (exact) mass is 743 g/mol. The van der Waals surface area contributed by atoms with E-state index >= 15 is 4.79 Å². The lowest BCUT2D eigenvalue weighted by molar-refractivity contribution is -0.162. The van der Waals surface area contributed by atoms with Gasteiger partial charge in [0.15, 0.2) is 5.54 Å². The van der Waals surface area contributed by atoms with Crippen molar-refractivity contribution in [3.8, 4) is 5.75 Å². The van der Waals surface area contributed by atoms with Crippen molar-refractivity contribution < 1.29 is 29.0 Å². The molecule has 5 atom stereocenters. The van der Waals surface area contributed by atoms with E-state index in [-0.39, 0.29) is 50.3 Å². The summed E-state index contributed by atoms with van der Waals surface area (Å²) in [5, 5.41) is 22.2. The van der Waals surface area contributed by atoms with Crippen LogP contribution in [-0.4, -0.2) is 80.3 Å². The van der Waals surface area contributed by atoms with Crippen molar-refractivity contribution in [1.82, 2.24) is 25.3 Å². The number of nitrogens with one attached hydrogen (secondary N) is 2. The molecular weight excluding hydrogens is 686 g/mol. The number of aliphatic hydroxyl groups is 1. The highest BCUT2D eigenvalue weighted by atomic mass is 16.5. The lowest BCUT2D eigenvalue weighted by atomic mass is 9.76. The third-order valence-electron chi connectivity index (χ3n) is 10.8. The maximum Gasteiger partial charge on any atom is 0.249 e. The number of fused-ring (bicyclic) bond motifs is 1. The Morgan fingerprint density at radius 2 is 1.80 bits per heavy atom. The Bertz CT molecular complexity index is 1710. The molecule has 7 N–H and O–H groups in total. The maximum absolute atomic E-state index is 15.6. The first-order valence-electron chi connectivity index (χ1n) is 19.3. The van der Waals surface area contributed by atoms with Crippen LogP contribution >= 0.6 is 0 Å². The van der Waals surface area contributed by atoms with E-state index in [2.05, 4.69) is 15.7 Å². The van der Waals surface area contributed by atoms with Crippen LogP contribution in [0.25, 0.3) is 0 Å². The van der Waals surface area contributed by atoms with Gasteiger partial charge in [-0.25, -0.2) is 0 Å². The molecule has 0 bridgehead atoms. The highest BCUT2D eigenvalue weighted by Gasteiger charge is 2.58. The van der Waals surface area contributed by atoms with Crippen molar-refractivity contribution >= 4 is 23.6 Å². The first-order chi connectivity index (χ1) is 25.9. The molecule has 2 aromatic carbocycles. The number of nitrogens with zero attached hydrogens (tertiary/aromatic N) is 3. The fourth-order valence-electron chi connectivity index (χ4n) is 7.96. The number of carbonyl (C=O) groups is 4. The molecule has 292 valence electrons. The van der Waals surface area contributed by atoms with Crippen molar-refractivity contribution in [2.45, 2.75) is 115 Å². The van der Waals surface area contributed by atoms with Crippen LogP contribution in [0.5, 0.6) is 5.75 Å². The molecule has 3 aromatic rings. The van der Waals surface area contributed by atoms with Crippen LogP contribution in [-0.2, 0) is 38.7 Å². The first-order valence-corrected chi connectivity index (χ1v) is 19.3. The van der Waals surface area contributed by atoms with Gasteiger partial charge in [0, 0.05) is 38.0 Å². The summed E-state index contributed by atoms with van der Waals surface area (Å²) in [4.78, 5) is 58.5. The third-order valence-corrected chi connectivity index (χ3v) is 10.8. The Hall–Kier alpha value is -4.59. The zero-order chi connectivity index (χ0) is 38.8. The minimum absolute atomic E-state index is 0.0452. The Morgan fingerprint density at radius 3 is 2.44 bits per heavy atom. The van der Waals surface area contributed by atoms with Gasteiger partial charge in [-0.3, -0.25) is 28.8 Å². The number of rotatable bonds is 17. The number of hydrogen-bond acceptors (Lipinski definition) is 9. The van der Waals surface area contributed by atoms with Gasteiger partial charge in [-0.05, 0) is 47.9 Å². The largest absolute Gasteiger partial charge is 0.493 e. The SMILES string of the molecule is CC(=O)N(C(=O)[C@@H](N)Cc1ccccc1)[C@@](Cn1cccn1)(C(=O)N[C@@H](CC1CCCCC1)[C@@H](O)CC(=O)NCC(C)C)C1COc2ccc(CN)cc21. The summed E-state index contributed by atoms with van der Waals surface area (Å²) >= 11 is 0. The van der Waals surface area contributed by atoms with Gasteiger partial charge in [0.25, 0.3) is 0 Å². The van der Waals surface area contributed by atoms with Crippen LogP contribution in [0.4, 0.5) is 0 Å². The zero-order valence-electron chi connectivity index (χ0n) is 31.8. The highest BCUT2D eigenvalue weighted by Crippen LogP contribution is 2.45. The van der Waals surface area contributed by atoms with E-state index in [4.69, 9.17) is 16.2 Å². The molecular formula is C41H57N7O6. The van der Waals surface area contributed by atoms with Gasteiger partial charge < -0.3 is 31.9 Å². The summed E-state index contributed by atoms with van der Waals surface area (Å²) in [6.45, 7) is 5.59. The number of ether oxygens (including phenoxy) is 1. The number of aromatic nitrogens is 2. The zero-order valence-corrected chi connectivity index (χ0v) is 31.8. The van der Waals surface area contributed by atoms with Crippen LogP contribution < -0.4 is 26.8 Å². The number of carbonyl (C=O) groups excluding carboxylic acids is 4. The predicted molar refractivity (Wildman–Crippen MR) is 205 cm³/mol. The minimum Gasteiger partial charge on any atom is -0.493 e. The molecule has 13 heteroatoms. The van der Waals surface area contributed by atoms with Crippen LogP contribution in [0.2, 0.25) is 0 Å². The molecule has 1 aliphatic carbocycles. The summed E-state index contributed by atoms with van der Waals surface area (Å²) in [6, 6.07) is 14.3. The molecule has 0 saturated heterocycles. The molecule has 2 aliphatic rings. The summed E-state index contributed by atoms with van der Waals surface area (Å²) in [5.74, 6) is -2.42. The topological polar surface area (TPSA) is 195 Å². The van der Waals surface area contributed by atoms with Crippen molar-refractivity contribution in [2.24, 2.45) is 23.3 Å². The normalized spacial score (nSPS) is 18.5. The number of imide groups is 1. The molecule has 4 amide bonds. The van der Waals surface area contributed by atoms with Gasteiger partial charge in [0.2, 0.25) is 23.6 Å². The molecule has 1 unspecified atom stereocenters. The van der Waals surface area contributed by atoms with Gasteiger partial charge in [0.1, 0.15) is 5.75 Å². The Kier molecular flexibility index (Phi) is 14.0. The summed E-state index contributed by atoms with van der Waals surface area (Å²) in [7, 11) is 0. The smallest absolute Gasteiger partial charge is 0.249 e. The molecule has 1 fully saturated rings. The second kappa shape index (κ2) is 18.6. The molecule has 0 radical (unpaired) electrons. The number of nitrogens with two attached hydrogens (primary N) is 2. The van der Waals surface area contributed by atoms with Crippen LogP contribution in [0.15, 0.2) is 67.0 Å². The Balaban J connectivity index is 1.63. The minimum atomic E-state index is -1.99. The highest BCUT2D eigenvalue weighted by molar-refractivity contribution is 6.04. The summed E-state index contributed by atoms with van der Waals surface area (Å²) in [5.41, 5.74) is 12.9. The van der Waals surface area contributed by atoms with E-state index in [1.165, 1.54) is 11.6 Å². The summed E-state index contributed by atoms with van der Waals surface area (Å²) < 4.78 is 7.71. The quantitative estimate of drug-likeness (QED) is 0.138. The predicted octanol–water partition coefficient (Wildman–Crippen LogP) is 3.18. The fraction of sp³-hybridized carbons (Fsp3) is 0.537. The van der Waals surface area contributed by atoms with E-state index in [0.29, 0.717) is 24.3 Å². The molecule has 1 saturated carbocycles.